The van der Waals surface area contributed by atoms with Crippen molar-refractivity contribution >= 4 is 13.1 Å². The topological polar surface area (TPSA) is 74.6 Å². The van der Waals surface area contributed by atoms with Crippen LogP contribution in [-0.4, -0.2) is 15.3 Å². The Morgan fingerprint density at radius 3 is 2.47 bits per heavy atom. The minimum atomic E-state index is -4.67. The summed E-state index contributed by atoms with van der Waals surface area (Å²) in [6.45, 7) is 1.94. The summed E-state index contributed by atoms with van der Waals surface area (Å²) in [6.07, 6.45) is 1.47. The summed E-state index contributed by atoms with van der Waals surface area (Å²) < 4.78 is 10.8. The molecule has 82 valence electrons. The summed E-state index contributed by atoms with van der Waals surface area (Å²) in [6, 6.07) is 6.52. The standard InChI is InChI=1S/C10H13O4P/c1-2-5-8-6-3-4-7-9(8)10(11)15(12,13)14/h3-4,6-7H,2,5H2,1H3,(H2,12,13,14). The van der Waals surface area contributed by atoms with Gasteiger partial charge in [0.1, 0.15) is 0 Å². The number of rotatable bonds is 4. The Morgan fingerprint density at radius 1 is 1.33 bits per heavy atom. The van der Waals surface area contributed by atoms with Gasteiger partial charge in [-0.05, 0) is 12.0 Å². The van der Waals surface area contributed by atoms with Crippen LogP contribution in [0.2, 0.25) is 0 Å². The number of carbonyl (C=O) groups excluding carboxylic acids is 1. The molecule has 0 aliphatic rings. The maximum absolute atomic E-state index is 11.4. The molecule has 0 aliphatic heterocycles. The van der Waals surface area contributed by atoms with E-state index in [0.29, 0.717) is 12.0 Å². The zero-order valence-corrected chi connectivity index (χ0v) is 9.28. The van der Waals surface area contributed by atoms with Gasteiger partial charge in [-0.3, -0.25) is 9.36 Å². The van der Waals surface area contributed by atoms with Gasteiger partial charge in [0.2, 0.25) is 0 Å². The molecule has 1 aromatic rings. The van der Waals surface area contributed by atoms with Crippen molar-refractivity contribution in [3.8, 4) is 0 Å². The third-order valence-corrected chi connectivity index (χ3v) is 2.80. The second-order valence-electron chi connectivity index (χ2n) is 3.26. The first-order valence-electron chi connectivity index (χ1n) is 4.65. The minimum Gasteiger partial charge on any atom is -0.319 e. The van der Waals surface area contributed by atoms with Crippen molar-refractivity contribution in [2.45, 2.75) is 19.8 Å². The van der Waals surface area contributed by atoms with E-state index in [9.17, 15) is 9.36 Å². The Hall–Kier alpha value is -0.960. The second kappa shape index (κ2) is 4.71. The van der Waals surface area contributed by atoms with Crippen molar-refractivity contribution < 1.29 is 19.1 Å². The Labute approximate surface area is 88.1 Å². The summed E-state index contributed by atoms with van der Waals surface area (Å²) in [7, 11) is -4.67. The predicted molar refractivity (Wildman–Crippen MR) is 56.8 cm³/mol. The maximum Gasteiger partial charge on any atom is 0.396 e. The van der Waals surface area contributed by atoms with E-state index >= 15 is 0 Å². The fourth-order valence-corrected chi connectivity index (χ4v) is 1.91. The zero-order valence-electron chi connectivity index (χ0n) is 8.38. The van der Waals surface area contributed by atoms with Crippen LogP contribution in [0, 0.1) is 0 Å². The molecule has 0 saturated carbocycles. The minimum absolute atomic E-state index is 0.132. The Bertz CT molecular complexity index is 408. The van der Waals surface area contributed by atoms with Crippen molar-refractivity contribution in [3.63, 3.8) is 0 Å². The van der Waals surface area contributed by atoms with Gasteiger partial charge < -0.3 is 9.79 Å². The SMILES string of the molecule is CCCc1ccccc1C(=O)P(=O)(O)O. The van der Waals surface area contributed by atoms with E-state index in [2.05, 4.69) is 0 Å². The fraction of sp³-hybridized carbons (Fsp3) is 0.300. The van der Waals surface area contributed by atoms with Crippen LogP contribution in [0.25, 0.3) is 0 Å². The number of hydrogen-bond donors (Lipinski definition) is 2. The molecule has 4 nitrogen and oxygen atoms in total. The number of benzene rings is 1. The molecule has 5 heteroatoms. The first-order chi connectivity index (χ1) is 6.96. The molecule has 0 fully saturated rings. The van der Waals surface area contributed by atoms with Crippen molar-refractivity contribution in [2.75, 3.05) is 0 Å². The summed E-state index contributed by atoms with van der Waals surface area (Å²) in [4.78, 5) is 29.0. The zero-order chi connectivity index (χ0) is 11.5. The fourth-order valence-electron chi connectivity index (χ4n) is 1.37. The van der Waals surface area contributed by atoms with E-state index in [-0.39, 0.29) is 5.56 Å². The lowest BCUT2D eigenvalue weighted by molar-refractivity contribution is 0.104. The molecule has 0 amide bonds. The Morgan fingerprint density at radius 2 is 1.93 bits per heavy atom. The molecule has 15 heavy (non-hydrogen) atoms. The number of hydrogen-bond acceptors (Lipinski definition) is 2. The summed E-state index contributed by atoms with van der Waals surface area (Å²) in [5, 5.41) is 0. The van der Waals surface area contributed by atoms with Gasteiger partial charge in [0.25, 0.3) is 5.52 Å². The molecule has 0 radical (unpaired) electrons. The average Bonchev–Trinajstić information content (AvgIpc) is 2.17. The largest absolute Gasteiger partial charge is 0.396 e. The molecule has 1 aromatic carbocycles. The quantitative estimate of drug-likeness (QED) is 0.772. The predicted octanol–water partition coefficient (Wildman–Crippen LogP) is 1.96. The maximum atomic E-state index is 11.4. The van der Waals surface area contributed by atoms with Gasteiger partial charge in [0, 0.05) is 5.56 Å². The molecule has 0 unspecified atom stereocenters. The van der Waals surface area contributed by atoms with Crippen LogP contribution in [0.1, 0.15) is 29.3 Å². The summed E-state index contributed by atoms with van der Waals surface area (Å²) >= 11 is 0. The highest BCUT2D eigenvalue weighted by Crippen LogP contribution is 2.39. The third kappa shape index (κ3) is 2.99. The molecule has 0 spiro atoms. The highest BCUT2D eigenvalue weighted by Gasteiger charge is 2.28. The first-order valence-corrected chi connectivity index (χ1v) is 6.26. The van der Waals surface area contributed by atoms with Crippen molar-refractivity contribution in [3.05, 3.63) is 35.4 Å². The number of carbonyl (C=O) groups is 1. The molecule has 0 aromatic heterocycles. The highest BCUT2D eigenvalue weighted by atomic mass is 31.2. The molecule has 2 N–H and O–H groups in total. The molecular formula is C10H13O4P. The molecule has 0 heterocycles. The van der Waals surface area contributed by atoms with E-state index in [1.807, 2.05) is 6.92 Å². The van der Waals surface area contributed by atoms with Gasteiger partial charge >= 0.3 is 7.60 Å². The summed E-state index contributed by atoms with van der Waals surface area (Å²) in [5.74, 6) is 0. The lowest BCUT2D eigenvalue weighted by Gasteiger charge is -2.07. The van der Waals surface area contributed by atoms with E-state index in [4.69, 9.17) is 9.79 Å². The molecule has 0 atom stereocenters. The first kappa shape index (κ1) is 12.1. The van der Waals surface area contributed by atoms with Gasteiger partial charge in [-0.1, -0.05) is 37.6 Å². The second-order valence-corrected chi connectivity index (χ2v) is 4.75. The van der Waals surface area contributed by atoms with Crippen LogP contribution < -0.4 is 0 Å². The molecule has 0 saturated heterocycles. The van der Waals surface area contributed by atoms with Crippen LogP contribution in [0.4, 0.5) is 0 Å². The summed E-state index contributed by atoms with van der Waals surface area (Å²) in [5.41, 5.74) is -0.271. The third-order valence-electron chi connectivity index (χ3n) is 2.03. The van der Waals surface area contributed by atoms with Crippen LogP contribution >= 0.6 is 7.60 Å². The highest BCUT2D eigenvalue weighted by molar-refractivity contribution is 7.70. The van der Waals surface area contributed by atoms with Gasteiger partial charge in [0.05, 0.1) is 0 Å². The van der Waals surface area contributed by atoms with E-state index in [1.165, 1.54) is 6.07 Å². The molecule has 0 aliphatic carbocycles. The van der Waals surface area contributed by atoms with Gasteiger partial charge in [-0.2, -0.15) is 0 Å². The Kier molecular flexibility index (Phi) is 3.80. The monoisotopic (exact) mass is 228 g/mol. The van der Waals surface area contributed by atoms with Gasteiger partial charge in [0.15, 0.2) is 0 Å². The Balaban J connectivity index is 3.14. The van der Waals surface area contributed by atoms with Crippen molar-refractivity contribution in [2.24, 2.45) is 0 Å². The molecule has 1 rings (SSSR count). The number of aryl methyl sites for hydroxylation is 1. The lowest BCUT2D eigenvalue weighted by Crippen LogP contribution is -2.04. The van der Waals surface area contributed by atoms with Crippen molar-refractivity contribution in [1.29, 1.82) is 0 Å². The van der Waals surface area contributed by atoms with Crippen LogP contribution in [-0.2, 0) is 11.0 Å². The van der Waals surface area contributed by atoms with E-state index in [1.54, 1.807) is 18.2 Å². The van der Waals surface area contributed by atoms with E-state index < -0.39 is 13.1 Å². The molecule has 0 bridgehead atoms. The van der Waals surface area contributed by atoms with Crippen LogP contribution in [0.3, 0.4) is 0 Å². The average molecular weight is 228 g/mol. The smallest absolute Gasteiger partial charge is 0.319 e. The lowest BCUT2D eigenvalue weighted by atomic mass is 10.0. The van der Waals surface area contributed by atoms with Gasteiger partial charge in [-0.25, -0.2) is 0 Å². The molecular weight excluding hydrogens is 215 g/mol. The van der Waals surface area contributed by atoms with Crippen LogP contribution in [0.5, 0.6) is 0 Å². The van der Waals surface area contributed by atoms with Gasteiger partial charge in [-0.15, -0.1) is 0 Å². The van der Waals surface area contributed by atoms with Crippen molar-refractivity contribution in [1.82, 2.24) is 0 Å². The van der Waals surface area contributed by atoms with Crippen LogP contribution in [0.15, 0.2) is 24.3 Å². The normalized spacial score (nSPS) is 11.4. The van der Waals surface area contributed by atoms with E-state index in [0.717, 1.165) is 6.42 Å².